The fourth-order valence-electron chi connectivity index (χ4n) is 3.21. The van der Waals surface area contributed by atoms with Crippen molar-refractivity contribution in [2.75, 3.05) is 0 Å². The number of allylic oxidation sites excluding steroid dienone is 1. The van der Waals surface area contributed by atoms with Gasteiger partial charge < -0.3 is 5.11 Å². The molecule has 27 heavy (non-hydrogen) atoms. The lowest BCUT2D eigenvalue weighted by Crippen LogP contribution is -2.16. The minimum Gasteiger partial charge on any atom is -0.494 e. The number of aromatic amines is 1. The van der Waals surface area contributed by atoms with Crippen LogP contribution in [0, 0.1) is 4.77 Å². The van der Waals surface area contributed by atoms with Crippen LogP contribution in [0.1, 0.15) is 23.6 Å². The summed E-state index contributed by atoms with van der Waals surface area (Å²) in [6, 6.07) is 17.5. The first-order valence-electron chi connectivity index (χ1n) is 8.62. The Kier molecular flexibility index (Phi) is 4.33. The molecule has 1 aliphatic rings. The molecule has 1 aromatic heterocycles. The first kappa shape index (κ1) is 17.2. The van der Waals surface area contributed by atoms with Crippen LogP contribution in [-0.2, 0) is 6.54 Å². The van der Waals surface area contributed by atoms with Gasteiger partial charge in [-0.05, 0) is 31.3 Å². The summed E-state index contributed by atoms with van der Waals surface area (Å²) in [5, 5.41) is 10.6. The molecule has 2 heterocycles. The molecule has 0 bridgehead atoms. The van der Waals surface area contributed by atoms with Gasteiger partial charge in [0.2, 0.25) is 5.88 Å². The van der Waals surface area contributed by atoms with Gasteiger partial charge in [-0.2, -0.15) is 0 Å². The van der Waals surface area contributed by atoms with Gasteiger partial charge in [-0.15, -0.1) is 0 Å². The number of rotatable bonds is 3. The van der Waals surface area contributed by atoms with Crippen molar-refractivity contribution < 1.29 is 5.11 Å². The molecule has 4 rings (SSSR count). The second-order valence-corrected chi connectivity index (χ2v) is 6.53. The number of para-hydroxylation sites is 1. The smallest absolute Gasteiger partial charge is 0.262 e. The predicted octanol–water partition coefficient (Wildman–Crippen LogP) is 4.31. The molecular formula is C21H17N3O2S. The largest absolute Gasteiger partial charge is 0.494 e. The molecule has 0 spiro atoms. The third-order valence-corrected chi connectivity index (χ3v) is 4.86. The Labute approximate surface area is 161 Å². The van der Waals surface area contributed by atoms with Crippen molar-refractivity contribution in [3.05, 3.63) is 86.4 Å². The zero-order valence-corrected chi connectivity index (χ0v) is 15.5. The van der Waals surface area contributed by atoms with Crippen molar-refractivity contribution in [3.63, 3.8) is 0 Å². The average Bonchev–Trinajstić information content (AvgIpc) is 3.04. The van der Waals surface area contributed by atoms with E-state index in [0.29, 0.717) is 6.54 Å². The molecule has 0 radical (unpaired) electrons. The number of aromatic hydroxyl groups is 1. The van der Waals surface area contributed by atoms with Gasteiger partial charge in [-0.1, -0.05) is 48.5 Å². The van der Waals surface area contributed by atoms with Crippen LogP contribution in [0.2, 0.25) is 0 Å². The Balaban J connectivity index is 1.98. The minimum absolute atomic E-state index is 0.143. The predicted molar refractivity (Wildman–Crippen MR) is 110 cm³/mol. The lowest BCUT2D eigenvalue weighted by Gasteiger charge is -2.10. The average molecular weight is 375 g/mol. The monoisotopic (exact) mass is 375 g/mol. The SMILES string of the molecule is CCn1c(O)c(/C=C2/C(c3ccccc3)=Nc3ccccc32)c(=O)[nH]c1=S. The fourth-order valence-corrected chi connectivity index (χ4v) is 3.52. The van der Waals surface area contributed by atoms with E-state index in [1.165, 1.54) is 4.57 Å². The summed E-state index contributed by atoms with van der Waals surface area (Å²) in [5.41, 5.74) is 3.99. The molecule has 0 atom stereocenters. The number of nitrogens with one attached hydrogen (secondary N) is 1. The van der Waals surface area contributed by atoms with Gasteiger partial charge in [0.15, 0.2) is 4.77 Å². The van der Waals surface area contributed by atoms with Gasteiger partial charge in [0.25, 0.3) is 5.56 Å². The molecule has 5 nitrogen and oxygen atoms in total. The van der Waals surface area contributed by atoms with E-state index < -0.39 is 5.56 Å². The first-order chi connectivity index (χ1) is 13.1. The van der Waals surface area contributed by atoms with Crippen molar-refractivity contribution >= 4 is 35.3 Å². The Morgan fingerprint density at radius 1 is 1.15 bits per heavy atom. The highest BCUT2D eigenvalue weighted by molar-refractivity contribution is 7.71. The van der Waals surface area contributed by atoms with Gasteiger partial charge in [0.1, 0.15) is 5.56 Å². The summed E-state index contributed by atoms with van der Waals surface area (Å²) in [7, 11) is 0. The van der Waals surface area contributed by atoms with Crippen LogP contribution in [0.25, 0.3) is 11.6 Å². The molecule has 0 aliphatic carbocycles. The molecule has 6 heteroatoms. The molecule has 0 fully saturated rings. The van der Waals surface area contributed by atoms with E-state index in [0.717, 1.165) is 28.1 Å². The quantitative estimate of drug-likeness (QED) is 0.670. The molecule has 3 aromatic rings. The van der Waals surface area contributed by atoms with Crippen LogP contribution in [0.5, 0.6) is 5.88 Å². The second-order valence-electron chi connectivity index (χ2n) is 6.14. The van der Waals surface area contributed by atoms with Crippen LogP contribution in [0.3, 0.4) is 0 Å². The summed E-state index contributed by atoms with van der Waals surface area (Å²) < 4.78 is 1.69. The van der Waals surface area contributed by atoms with E-state index in [1.807, 2.05) is 61.5 Å². The number of hydrogen-bond acceptors (Lipinski definition) is 4. The zero-order chi connectivity index (χ0) is 19.0. The molecule has 1 aliphatic heterocycles. The zero-order valence-electron chi connectivity index (χ0n) is 14.6. The second kappa shape index (κ2) is 6.81. The van der Waals surface area contributed by atoms with E-state index in [-0.39, 0.29) is 16.2 Å². The van der Waals surface area contributed by atoms with E-state index >= 15 is 0 Å². The molecule has 0 saturated heterocycles. The maximum atomic E-state index is 12.5. The normalized spacial score (nSPS) is 14.3. The standard InChI is InChI=1S/C21H17N3O2S/c1-2-24-20(26)16(19(25)23-21(24)27)12-15-14-10-6-7-11-17(14)22-18(15)13-8-4-3-5-9-13/h3-12,26H,2H2,1H3,(H,23,25,27)/b15-12+. The molecule has 2 aromatic carbocycles. The summed E-state index contributed by atoms with van der Waals surface area (Å²) in [4.78, 5) is 19.9. The van der Waals surface area contributed by atoms with Crippen molar-refractivity contribution in [2.24, 2.45) is 4.99 Å². The fraction of sp³-hybridized carbons (Fsp3) is 0.0952. The lowest BCUT2D eigenvalue weighted by molar-refractivity contribution is 0.408. The Morgan fingerprint density at radius 3 is 2.59 bits per heavy atom. The lowest BCUT2D eigenvalue weighted by atomic mass is 9.96. The molecular weight excluding hydrogens is 358 g/mol. The number of H-pyrrole nitrogens is 1. The van der Waals surface area contributed by atoms with Crippen LogP contribution >= 0.6 is 12.2 Å². The molecule has 2 N–H and O–H groups in total. The molecule has 0 amide bonds. The Hall–Kier alpha value is -3.25. The van der Waals surface area contributed by atoms with Crippen molar-refractivity contribution in [3.8, 4) is 5.88 Å². The van der Waals surface area contributed by atoms with Crippen LogP contribution in [0.15, 0.2) is 64.4 Å². The van der Waals surface area contributed by atoms with Crippen molar-refractivity contribution in [1.82, 2.24) is 9.55 Å². The summed E-state index contributed by atoms with van der Waals surface area (Å²) in [5.74, 6) is -0.143. The number of aliphatic imine (C=N–C) groups is 1. The highest BCUT2D eigenvalue weighted by Gasteiger charge is 2.23. The number of fused-ring (bicyclic) bond motifs is 1. The van der Waals surface area contributed by atoms with E-state index in [9.17, 15) is 9.90 Å². The minimum atomic E-state index is -0.425. The first-order valence-corrected chi connectivity index (χ1v) is 9.02. The van der Waals surface area contributed by atoms with Gasteiger partial charge >= 0.3 is 0 Å². The number of hydrogen-bond donors (Lipinski definition) is 2. The maximum Gasteiger partial charge on any atom is 0.262 e. The van der Waals surface area contributed by atoms with Gasteiger partial charge in [-0.25, -0.2) is 4.99 Å². The topological polar surface area (TPSA) is 70.4 Å². The third kappa shape index (κ3) is 2.94. The van der Waals surface area contributed by atoms with Crippen LogP contribution in [-0.4, -0.2) is 20.4 Å². The van der Waals surface area contributed by atoms with E-state index in [1.54, 1.807) is 6.08 Å². The van der Waals surface area contributed by atoms with E-state index in [4.69, 9.17) is 17.2 Å². The molecule has 0 saturated carbocycles. The van der Waals surface area contributed by atoms with Gasteiger partial charge in [0, 0.05) is 23.2 Å². The maximum absolute atomic E-state index is 12.5. The number of nitrogens with zero attached hydrogens (tertiary/aromatic N) is 2. The van der Waals surface area contributed by atoms with Crippen molar-refractivity contribution in [1.29, 1.82) is 0 Å². The summed E-state index contributed by atoms with van der Waals surface area (Å²) in [6.45, 7) is 2.31. The molecule has 134 valence electrons. The highest BCUT2D eigenvalue weighted by Crippen LogP contribution is 2.38. The third-order valence-electron chi connectivity index (χ3n) is 4.54. The van der Waals surface area contributed by atoms with E-state index in [2.05, 4.69) is 4.98 Å². The van der Waals surface area contributed by atoms with Gasteiger partial charge in [0.05, 0.1) is 11.4 Å². The van der Waals surface area contributed by atoms with Gasteiger partial charge in [-0.3, -0.25) is 14.3 Å². The Morgan fingerprint density at radius 2 is 1.85 bits per heavy atom. The Bertz CT molecular complexity index is 1200. The summed E-state index contributed by atoms with van der Waals surface area (Å²) >= 11 is 5.13. The number of aromatic nitrogens is 2. The highest BCUT2D eigenvalue weighted by atomic mass is 32.1. The van der Waals surface area contributed by atoms with Crippen LogP contribution < -0.4 is 5.56 Å². The van der Waals surface area contributed by atoms with Crippen molar-refractivity contribution in [2.45, 2.75) is 13.5 Å². The number of benzene rings is 2. The van der Waals surface area contributed by atoms with Crippen LogP contribution in [0.4, 0.5) is 5.69 Å². The molecule has 0 unspecified atom stereocenters. The summed E-state index contributed by atoms with van der Waals surface area (Å²) in [6.07, 6.45) is 1.69.